The standard InChI is InChI=1S/C15H18N2O2/c1-3-10(2)17-14(15(18)19)13-9-16-8-11-6-4-5-7-12(11)13/h4-10,14,17H,3H2,1-2H3,(H,18,19). The van der Waals surface area contributed by atoms with E-state index in [9.17, 15) is 9.90 Å². The van der Waals surface area contributed by atoms with E-state index in [0.29, 0.717) is 5.56 Å². The molecule has 0 radical (unpaired) electrons. The molecule has 0 saturated heterocycles. The highest BCUT2D eigenvalue weighted by Crippen LogP contribution is 2.24. The van der Waals surface area contributed by atoms with Gasteiger partial charge < -0.3 is 5.11 Å². The van der Waals surface area contributed by atoms with Crippen molar-refractivity contribution in [3.8, 4) is 0 Å². The van der Waals surface area contributed by atoms with Crippen molar-refractivity contribution in [3.05, 3.63) is 42.2 Å². The van der Waals surface area contributed by atoms with Crippen LogP contribution in [0.1, 0.15) is 31.9 Å². The summed E-state index contributed by atoms with van der Waals surface area (Å²) in [4.78, 5) is 15.7. The number of pyridine rings is 1. The minimum Gasteiger partial charge on any atom is -0.480 e. The zero-order chi connectivity index (χ0) is 13.8. The van der Waals surface area contributed by atoms with Crippen LogP contribution >= 0.6 is 0 Å². The quantitative estimate of drug-likeness (QED) is 0.865. The average molecular weight is 258 g/mol. The molecule has 0 amide bonds. The molecule has 1 heterocycles. The van der Waals surface area contributed by atoms with E-state index in [0.717, 1.165) is 17.2 Å². The molecular formula is C15H18N2O2. The van der Waals surface area contributed by atoms with E-state index in [2.05, 4.69) is 10.3 Å². The van der Waals surface area contributed by atoms with Gasteiger partial charge in [-0.25, -0.2) is 0 Å². The minimum atomic E-state index is -0.876. The van der Waals surface area contributed by atoms with Crippen molar-refractivity contribution in [3.63, 3.8) is 0 Å². The zero-order valence-electron chi connectivity index (χ0n) is 11.1. The van der Waals surface area contributed by atoms with Gasteiger partial charge in [0.25, 0.3) is 0 Å². The Hall–Kier alpha value is -1.94. The Kier molecular flexibility index (Phi) is 4.12. The van der Waals surface area contributed by atoms with Crippen molar-refractivity contribution in [2.75, 3.05) is 0 Å². The predicted octanol–water partition coefficient (Wildman–Crippen LogP) is 2.75. The Morgan fingerprint density at radius 1 is 1.37 bits per heavy atom. The fourth-order valence-corrected chi connectivity index (χ4v) is 2.07. The van der Waals surface area contributed by atoms with Crippen LogP contribution in [0, 0.1) is 0 Å². The van der Waals surface area contributed by atoms with Crippen molar-refractivity contribution < 1.29 is 9.90 Å². The Morgan fingerprint density at radius 2 is 2.11 bits per heavy atom. The number of rotatable bonds is 5. The van der Waals surface area contributed by atoms with Crippen LogP contribution in [0.3, 0.4) is 0 Å². The third-order valence-electron chi connectivity index (χ3n) is 3.32. The molecule has 0 aliphatic heterocycles. The van der Waals surface area contributed by atoms with Gasteiger partial charge >= 0.3 is 5.97 Å². The summed E-state index contributed by atoms with van der Waals surface area (Å²) in [6.45, 7) is 4.01. The molecule has 2 unspecified atom stereocenters. The normalized spacial score (nSPS) is 14.2. The van der Waals surface area contributed by atoms with Crippen molar-refractivity contribution in [1.29, 1.82) is 0 Å². The Labute approximate surface area is 112 Å². The molecule has 1 aromatic heterocycles. The summed E-state index contributed by atoms with van der Waals surface area (Å²) in [6, 6.07) is 7.11. The van der Waals surface area contributed by atoms with E-state index >= 15 is 0 Å². The molecule has 1 aromatic carbocycles. The average Bonchev–Trinajstić information content (AvgIpc) is 2.43. The second-order valence-electron chi connectivity index (χ2n) is 4.70. The van der Waals surface area contributed by atoms with Crippen molar-refractivity contribution >= 4 is 16.7 Å². The number of aromatic nitrogens is 1. The molecule has 0 saturated carbocycles. The first-order valence-electron chi connectivity index (χ1n) is 6.45. The maximum atomic E-state index is 11.5. The maximum absolute atomic E-state index is 11.5. The number of hydrogen-bond acceptors (Lipinski definition) is 3. The van der Waals surface area contributed by atoms with E-state index in [1.165, 1.54) is 0 Å². The lowest BCUT2D eigenvalue weighted by molar-refractivity contribution is -0.139. The number of carboxylic acids is 1. The molecule has 0 bridgehead atoms. The van der Waals surface area contributed by atoms with Gasteiger partial charge in [0.05, 0.1) is 0 Å². The molecule has 19 heavy (non-hydrogen) atoms. The third kappa shape index (κ3) is 2.90. The van der Waals surface area contributed by atoms with Gasteiger partial charge in [0.1, 0.15) is 6.04 Å². The summed E-state index contributed by atoms with van der Waals surface area (Å²) < 4.78 is 0. The molecule has 2 N–H and O–H groups in total. The molecule has 2 atom stereocenters. The van der Waals surface area contributed by atoms with Gasteiger partial charge in [-0.05, 0) is 18.7 Å². The summed E-state index contributed by atoms with van der Waals surface area (Å²) in [5, 5.41) is 14.5. The fourth-order valence-electron chi connectivity index (χ4n) is 2.07. The van der Waals surface area contributed by atoms with Gasteiger partial charge in [0, 0.05) is 29.4 Å². The summed E-state index contributed by atoms with van der Waals surface area (Å²) >= 11 is 0. The summed E-state index contributed by atoms with van der Waals surface area (Å²) in [7, 11) is 0. The van der Waals surface area contributed by atoms with Crippen molar-refractivity contribution in [2.24, 2.45) is 0 Å². The molecule has 2 rings (SSSR count). The first kappa shape index (κ1) is 13.5. The number of nitrogens with zero attached hydrogens (tertiary/aromatic N) is 1. The second kappa shape index (κ2) is 5.80. The van der Waals surface area contributed by atoms with Gasteiger partial charge in [0.15, 0.2) is 0 Å². The van der Waals surface area contributed by atoms with Gasteiger partial charge in [0.2, 0.25) is 0 Å². The molecule has 100 valence electrons. The van der Waals surface area contributed by atoms with Crippen LogP contribution in [-0.4, -0.2) is 22.1 Å². The number of nitrogens with one attached hydrogen (secondary N) is 1. The van der Waals surface area contributed by atoms with Crippen molar-refractivity contribution in [2.45, 2.75) is 32.4 Å². The van der Waals surface area contributed by atoms with Gasteiger partial charge in [-0.3, -0.25) is 15.1 Å². The highest BCUT2D eigenvalue weighted by molar-refractivity contribution is 5.89. The van der Waals surface area contributed by atoms with Crippen molar-refractivity contribution in [1.82, 2.24) is 10.3 Å². The fraction of sp³-hybridized carbons (Fsp3) is 0.333. The van der Waals surface area contributed by atoms with E-state index in [-0.39, 0.29) is 6.04 Å². The number of benzene rings is 1. The number of fused-ring (bicyclic) bond motifs is 1. The van der Waals surface area contributed by atoms with Gasteiger partial charge in [-0.1, -0.05) is 31.2 Å². The van der Waals surface area contributed by atoms with Crippen LogP contribution in [0.5, 0.6) is 0 Å². The topological polar surface area (TPSA) is 62.2 Å². The molecule has 4 nitrogen and oxygen atoms in total. The summed E-state index contributed by atoms with van der Waals surface area (Å²) in [5.74, 6) is -0.876. The maximum Gasteiger partial charge on any atom is 0.325 e. The third-order valence-corrected chi connectivity index (χ3v) is 3.32. The molecular weight excluding hydrogens is 240 g/mol. The van der Waals surface area contributed by atoms with Crippen LogP contribution in [0.15, 0.2) is 36.7 Å². The zero-order valence-corrected chi connectivity index (χ0v) is 11.1. The SMILES string of the molecule is CCC(C)NC(C(=O)O)c1cncc2ccccc12. The lowest BCUT2D eigenvalue weighted by atomic mass is 10.0. The monoisotopic (exact) mass is 258 g/mol. The van der Waals surface area contributed by atoms with Gasteiger partial charge in [-0.15, -0.1) is 0 Å². The molecule has 0 spiro atoms. The lowest BCUT2D eigenvalue weighted by Crippen LogP contribution is -2.35. The van der Waals surface area contributed by atoms with E-state index in [4.69, 9.17) is 0 Å². The highest BCUT2D eigenvalue weighted by atomic mass is 16.4. The number of carboxylic acid groups (broad SMARTS) is 1. The predicted molar refractivity (Wildman–Crippen MR) is 75.0 cm³/mol. The molecule has 4 heteroatoms. The van der Waals surface area contributed by atoms with E-state index in [1.807, 2.05) is 38.1 Å². The summed E-state index contributed by atoms with van der Waals surface area (Å²) in [6.07, 6.45) is 4.26. The highest BCUT2D eigenvalue weighted by Gasteiger charge is 2.23. The number of carbonyl (C=O) groups is 1. The van der Waals surface area contributed by atoms with Crippen LogP contribution in [-0.2, 0) is 4.79 Å². The largest absolute Gasteiger partial charge is 0.480 e. The number of hydrogen-bond donors (Lipinski definition) is 2. The molecule has 0 fully saturated rings. The first-order valence-corrected chi connectivity index (χ1v) is 6.45. The van der Waals surface area contributed by atoms with Gasteiger partial charge in [-0.2, -0.15) is 0 Å². The van der Waals surface area contributed by atoms with E-state index < -0.39 is 12.0 Å². The molecule has 0 aliphatic rings. The summed E-state index contributed by atoms with van der Waals surface area (Å²) in [5.41, 5.74) is 0.714. The van der Waals surface area contributed by atoms with Crippen LogP contribution < -0.4 is 5.32 Å². The Balaban J connectivity index is 2.47. The van der Waals surface area contributed by atoms with Crippen LogP contribution in [0.2, 0.25) is 0 Å². The lowest BCUT2D eigenvalue weighted by Gasteiger charge is -2.20. The Bertz CT molecular complexity index is 578. The minimum absolute atomic E-state index is 0.139. The smallest absolute Gasteiger partial charge is 0.325 e. The molecule has 0 aliphatic carbocycles. The second-order valence-corrected chi connectivity index (χ2v) is 4.70. The van der Waals surface area contributed by atoms with Crippen LogP contribution in [0.25, 0.3) is 10.8 Å². The first-order chi connectivity index (χ1) is 9.13. The Morgan fingerprint density at radius 3 is 2.79 bits per heavy atom. The van der Waals surface area contributed by atoms with E-state index in [1.54, 1.807) is 12.4 Å². The molecule has 2 aromatic rings. The number of aliphatic carboxylic acids is 1. The van der Waals surface area contributed by atoms with Crippen LogP contribution in [0.4, 0.5) is 0 Å².